The number of para-hydroxylation sites is 1. The molecule has 0 saturated carbocycles. The molecule has 0 aliphatic heterocycles. The van der Waals surface area contributed by atoms with Gasteiger partial charge in [-0.05, 0) is 73.2 Å². The Bertz CT molecular complexity index is 1440. The molecule has 0 aliphatic rings. The van der Waals surface area contributed by atoms with Crippen LogP contribution in [0.15, 0.2) is 101 Å². The molecule has 4 aromatic rings. The predicted molar refractivity (Wildman–Crippen MR) is 137 cm³/mol. The lowest BCUT2D eigenvalue weighted by atomic mass is 10.2. The molecule has 0 heterocycles. The molecule has 8 heteroatoms. The van der Waals surface area contributed by atoms with E-state index in [0.717, 1.165) is 11.3 Å². The van der Waals surface area contributed by atoms with Crippen molar-refractivity contribution in [1.82, 2.24) is 0 Å². The van der Waals surface area contributed by atoms with Crippen LogP contribution in [-0.4, -0.2) is 21.7 Å². The molecule has 0 aliphatic carbocycles. The number of hydrogen-bond acceptors (Lipinski definition) is 6. The molecular weight excluding hydrogens is 486 g/mol. The highest BCUT2D eigenvalue weighted by atomic mass is 35.5. The lowest BCUT2D eigenvalue weighted by molar-refractivity contribution is 0.390. The third-order valence-electron chi connectivity index (χ3n) is 4.93. The molecule has 0 amide bonds. The summed E-state index contributed by atoms with van der Waals surface area (Å²) in [7, 11) is -2.68. The summed E-state index contributed by atoms with van der Waals surface area (Å²) >= 11 is 6.36. The van der Waals surface area contributed by atoms with Gasteiger partial charge in [0.1, 0.15) is 16.4 Å². The predicted octanol–water partition coefficient (Wildman–Crippen LogP) is 6.97. The van der Waals surface area contributed by atoms with Crippen molar-refractivity contribution in [2.24, 2.45) is 4.99 Å². The van der Waals surface area contributed by atoms with Crippen LogP contribution in [-0.2, 0) is 10.1 Å². The number of aliphatic imine (C=N–C) groups is 1. The summed E-state index contributed by atoms with van der Waals surface area (Å²) in [6.45, 7) is 1.87. The van der Waals surface area contributed by atoms with E-state index < -0.39 is 10.1 Å². The zero-order valence-electron chi connectivity index (χ0n) is 19.0. The summed E-state index contributed by atoms with van der Waals surface area (Å²) in [5, 5.41) is 0.0769. The van der Waals surface area contributed by atoms with Gasteiger partial charge in [0, 0.05) is 6.21 Å². The maximum Gasteiger partial charge on any atom is 0.339 e. The van der Waals surface area contributed by atoms with Gasteiger partial charge in [0.25, 0.3) is 0 Å². The Kier molecular flexibility index (Phi) is 7.39. The fraction of sp³-hybridized carbons (Fsp3) is 0.0741. The van der Waals surface area contributed by atoms with Crippen LogP contribution in [0.3, 0.4) is 0 Å². The minimum atomic E-state index is -4.09. The molecule has 0 spiro atoms. The first-order valence-corrected chi connectivity index (χ1v) is 12.4. The van der Waals surface area contributed by atoms with Crippen LogP contribution in [0.25, 0.3) is 0 Å². The van der Waals surface area contributed by atoms with Crippen molar-refractivity contribution in [2.45, 2.75) is 11.8 Å². The molecule has 0 unspecified atom stereocenters. The second-order valence-corrected chi connectivity index (χ2v) is 9.51. The zero-order valence-corrected chi connectivity index (χ0v) is 20.6. The number of halogens is 1. The minimum absolute atomic E-state index is 0.0200. The Morgan fingerprint density at radius 2 is 1.51 bits per heavy atom. The van der Waals surface area contributed by atoms with Crippen LogP contribution in [0.1, 0.15) is 11.1 Å². The number of ether oxygens (including phenoxy) is 2. The summed E-state index contributed by atoms with van der Waals surface area (Å²) in [5.41, 5.74) is 2.24. The monoisotopic (exact) mass is 507 g/mol. The van der Waals surface area contributed by atoms with Crippen LogP contribution in [0, 0.1) is 6.92 Å². The van der Waals surface area contributed by atoms with Crippen molar-refractivity contribution >= 4 is 33.6 Å². The maximum absolute atomic E-state index is 12.7. The van der Waals surface area contributed by atoms with Gasteiger partial charge in [0.05, 0.1) is 17.8 Å². The van der Waals surface area contributed by atoms with E-state index >= 15 is 0 Å². The smallest absolute Gasteiger partial charge is 0.339 e. The molecule has 0 fully saturated rings. The van der Waals surface area contributed by atoms with Crippen molar-refractivity contribution < 1.29 is 22.1 Å². The molecule has 35 heavy (non-hydrogen) atoms. The van der Waals surface area contributed by atoms with Crippen molar-refractivity contribution in [3.63, 3.8) is 0 Å². The molecule has 4 rings (SSSR count). The number of rotatable bonds is 8. The number of hydrogen-bond donors (Lipinski definition) is 0. The average Bonchev–Trinajstić information content (AvgIpc) is 2.86. The standard InChI is InChI=1S/C27H22ClNO5S/c1-19-8-14-24(15-9-19)35(30,31)34-27-25(28)16-20(17-26(27)32-2)18-29-21-10-12-23(13-11-21)33-22-6-4-3-5-7-22/h3-18H,1-2H3. The summed E-state index contributed by atoms with van der Waals surface area (Å²) in [4.78, 5) is 4.47. The summed E-state index contributed by atoms with van der Waals surface area (Å²) in [6.07, 6.45) is 1.60. The van der Waals surface area contributed by atoms with E-state index in [1.165, 1.54) is 19.2 Å². The highest BCUT2D eigenvalue weighted by Crippen LogP contribution is 2.38. The minimum Gasteiger partial charge on any atom is -0.493 e. The quantitative estimate of drug-likeness (QED) is 0.190. The van der Waals surface area contributed by atoms with E-state index in [4.69, 9.17) is 25.3 Å². The first-order chi connectivity index (χ1) is 16.8. The van der Waals surface area contributed by atoms with E-state index in [1.807, 2.05) is 61.5 Å². The van der Waals surface area contributed by atoms with Crippen molar-refractivity contribution in [1.29, 1.82) is 0 Å². The van der Waals surface area contributed by atoms with E-state index in [2.05, 4.69) is 4.99 Å². The highest BCUT2D eigenvalue weighted by molar-refractivity contribution is 7.87. The number of benzene rings is 4. The highest BCUT2D eigenvalue weighted by Gasteiger charge is 2.22. The molecular formula is C27H22ClNO5S. The largest absolute Gasteiger partial charge is 0.493 e. The Balaban J connectivity index is 1.51. The molecule has 0 radical (unpaired) electrons. The summed E-state index contributed by atoms with van der Waals surface area (Å²) in [5.74, 6) is 1.52. The van der Waals surface area contributed by atoms with Crippen molar-refractivity contribution in [3.05, 3.63) is 107 Å². The second-order valence-electron chi connectivity index (χ2n) is 7.55. The Morgan fingerprint density at radius 3 is 2.17 bits per heavy atom. The van der Waals surface area contributed by atoms with Crippen molar-refractivity contribution in [2.75, 3.05) is 7.11 Å². The SMILES string of the molecule is COc1cc(C=Nc2ccc(Oc3ccccc3)cc2)cc(Cl)c1OS(=O)(=O)c1ccc(C)cc1. The molecule has 0 bridgehead atoms. The summed E-state index contributed by atoms with van der Waals surface area (Å²) < 4.78 is 41.8. The van der Waals surface area contributed by atoms with Crippen molar-refractivity contribution in [3.8, 4) is 23.0 Å². The Hall–Kier alpha value is -3.81. The van der Waals surface area contributed by atoms with Gasteiger partial charge in [-0.3, -0.25) is 4.99 Å². The maximum atomic E-state index is 12.7. The fourth-order valence-corrected chi connectivity index (χ4v) is 4.39. The van der Waals surface area contributed by atoms with Gasteiger partial charge in [-0.2, -0.15) is 8.42 Å². The molecule has 0 atom stereocenters. The fourth-order valence-electron chi connectivity index (χ4n) is 3.13. The van der Waals surface area contributed by atoms with Crippen LogP contribution in [0.4, 0.5) is 5.69 Å². The lowest BCUT2D eigenvalue weighted by Crippen LogP contribution is -2.11. The van der Waals surface area contributed by atoms with Gasteiger partial charge in [-0.1, -0.05) is 47.5 Å². The summed E-state index contributed by atoms with van der Waals surface area (Å²) in [6, 6.07) is 26.2. The molecule has 0 N–H and O–H groups in total. The molecule has 6 nitrogen and oxygen atoms in total. The molecule has 0 saturated heterocycles. The van der Waals surface area contributed by atoms with Crippen LogP contribution in [0.5, 0.6) is 23.0 Å². The second kappa shape index (κ2) is 10.6. The lowest BCUT2D eigenvalue weighted by Gasteiger charge is -2.13. The molecule has 178 valence electrons. The number of aryl methyl sites for hydroxylation is 1. The Morgan fingerprint density at radius 1 is 0.857 bits per heavy atom. The van der Waals surface area contributed by atoms with Gasteiger partial charge < -0.3 is 13.7 Å². The topological polar surface area (TPSA) is 74.2 Å². The molecule has 0 aromatic heterocycles. The third kappa shape index (κ3) is 6.20. The zero-order chi connectivity index (χ0) is 24.8. The number of methoxy groups -OCH3 is 1. The third-order valence-corrected chi connectivity index (χ3v) is 6.45. The van der Waals surface area contributed by atoms with Gasteiger partial charge in [-0.15, -0.1) is 0 Å². The van der Waals surface area contributed by atoms with Crippen LogP contribution < -0.4 is 13.7 Å². The van der Waals surface area contributed by atoms with Gasteiger partial charge >= 0.3 is 10.1 Å². The first kappa shape index (κ1) is 24.3. The molecule has 4 aromatic carbocycles. The van der Waals surface area contributed by atoms with E-state index in [9.17, 15) is 8.42 Å². The van der Waals surface area contributed by atoms with E-state index in [0.29, 0.717) is 17.0 Å². The van der Waals surface area contributed by atoms with Gasteiger partial charge in [0.15, 0.2) is 5.75 Å². The van der Waals surface area contributed by atoms with Gasteiger partial charge in [-0.25, -0.2) is 0 Å². The normalized spacial score (nSPS) is 11.4. The average molecular weight is 508 g/mol. The Labute approximate surface area is 209 Å². The van der Waals surface area contributed by atoms with Crippen LogP contribution >= 0.6 is 11.6 Å². The van der Waals surface area contributed by atoms with Gasteiger partial charge in [0.2, 0.25) is 5.75 Å². The van der Waals surface area contributed by atoms with E-state index in [1.54, 1.807) is 30.5 Å². The number of nitrogens with zero attached hydrogens (tertiary/aromatic N) is 1. The van der Waals surface area contributed by atoms with E-state index in [-0.39, 0.29) is 21.4 Å². The van der Waals surface area contributed by atoms with Crippen LogP contribution in [0.2, 0.25) is 5.02 Å². The first-order valence-electron chi connectivity index (χ1n) is 10.6.